The van der Waals surface area contributed by atoms with Crippen LogP contribution >= 0.6 is 0 Å². The summed E-state index contributed by atoms with van der Waals surface area (Å²) < 4.78 is 0. The Morgan fingerprint density at radius 1 is 0.862 bits per heavy atom. The van der Waals surface area contributed by atoms with E-state index in [1.165, 1.54) is 36.9 Å². The van der Waals surface area contributed by atoms with Gasteiger partial charge in [0.2, 0.25) is 11.6 Å². The standard InChI is InChI=1S/C16H13N9O4/c26-15(10-3-1-5-17-7-10)23-21-13-12(25(28)29)14(20-9-19-13)22-24-16(27)11-4-2-6-18-8-11/h1-9H,(H,23,26)(H,24,27)(H2,19,20,21,22). The Balaban J connectivity index is 1.73. The molecule has 29 heavy (non-hydrogen) atoms. The minimum absolute atomic E-state index is 0.235. The number of pyridine rings is 2. The van der Waals surface area contributed by atoms with Crippen molar-refractivity contribution in [1.29, 1.82) is 0 Å². The van der Waals surface area contributed by atoms with Gasteiger partial charge in [0.05, 0.1) is 16.1 Å². The third-order valence-electron chi connectivity index (χ3n) is 3.44. The quantitative estimate of drug-likeness (QED) is 0.329. The van der Waals surface area contributed by atoms with E-state index in [-0.39, 0.29) is 22.8 Å². The van der Waals surface area contributed by atoms with Crippen molar-refractivity contribution >= 4 is 29.1 Å². The first-order valence-electron chi connectivity index (χ1n) is 7.98. The van der Waals surface area contributed by atoms with E-state index in [0.29, 0.717) is 0 Å². The van der Waals surface area contributed by atoms with Crippen LogP contribution in [0.25, 0.3) is 0 Å². The number of anilines is 2. The fourth-order valence-corrected chi connectivity index (χ4v) is 2.11. The minimum Gasteiger partial charge on any atom is -0.276 e. The van der Waals surface area contributed by atoms with Crippen LogP contribution in [0.15, 0.2) is 55.4 Å². The van der Waals surface area contributed by atoms with Crippen LogP contribution in [-0.2, 0) is 0 Å². The Bertz CT molecular complexity index is 957. The summed E-state index contributed by atoms with van der Waals surface area (Å²) in [6.45, 7) is 0. The minimum atomic E-state index is -0.767. The summed E-state index contributed by atoms with van der Waals surface area (Å²) in [5.41, 5.74) is 9.18. The van der Waals surface area contributed by atoms with Gasteiger partial charge in [-0.3, -0.25) is 51.4 Å². The van der Waals surface area contributed by atoms with Crippen LogP contribution in [0.3, 0.4) is 0 Å². The Morgan fingerprint density at radius 3 is 1.72 bits per heavy atom. The van der Waals surface area contributed by atoms with E-state index in [1.54, 1.807) is 12.1 Å². The zero-order valence-electron chi connectivity index (χ0n) is 14.6. The van der Waals surface area contributed by atoms with Crippen molar-refractivity contribution in [3.05, 3.63) is 76.6 Å². The number of nitrogens with one attached hydrogen (secondary N) is 4. The molecule has 2 amide bonds. The molecule has 0 aromatic carbocycles. The molecule has 0 spiro atoms. The summed E-state index contributed by atoms with van der Waals surface area (Å²) in [4.78, 5) is 49.9. The van der Waals surface area contributed by atoms with Gasteiger partial charge in [0.15, 0.2) is 0 Å². The molecular weight excluding hydrogens is 382 g/mol. The second-order valence-electron chi connectivity index (χ2n) is 5.32. The Labute approximate surface area is 162 Å². The molecule has 3 aromatic heterocycles. The van der Waals surface area contributed by atoms with Crippen LogP contribution in [0.5, 0.6) is 0 Å². The van der Waals surface area contributed by atoms with Crippen molar-refractivity contribution in [3.63, 3.8) is 0 Å². The number of hydrogen-bond donors (Lipinski definition) is 4. The average molecular weight is 395 g/mol. The number of hydrazine groups is 2. The lowest BCUT2D eigenvalue weighted by molar-refractivity contribution is -0.383. The van der Waals surface area contributed by atoms with Gasteiger partial charge in [0.1, 0.15) is 6.33 Å². The summed E-state index contributed by atoms with van der Waals surface area (Å²) in [5, 5.41) is 11.5. The van der Waals surface area contributed by atoms with Gasteiger partial charge in [0.25, 0.3) is 11.8 Å². The summed E-state index contributed by atoms with van der Waals surface area (Å²) in [5.74, 6) is -1.74. The maximum Gasteiger partial charge on any atom is 0.356 e. The first-order valence-corrected chi connectivity index (χ1v) is 7.98. The molecule has 0 aliphatic rings. The Hall–Kier alpha value is -4.68. The molecule has 13 heteroatoms. The molecule has 0 aliphatic heterocycles. The zero-order chi connectivity index (χ0) is 20.6. The highest BCUT2D eigenvalue weighted by molar-refractivity contribution is 5.95. The van der Waals surface area contributed by atoms with Gasteiger partial charge >= 0.3 is 5.69 Å². The van der Waals surface area contributed by atoms with Gasteiger partial charge < -0.3 is 0 Å². The third-order valence-corrected chi connectivity index (χ3v) is 3.44. The Kier molecular flexibility index (Phi) is 5.80. The van der Waals surface area contributed by atoms with E-state index in [1.807, 2.05) is 0 Å². The Morgan fingerprint density at radius 2 is 1.34 bits per heavy atom. The number of nitrogens with zero attached hydrogens (tertiary/aromatic N) is 5. The van der Waals surface area contributed by atoms with Crippen molar-refractivity contribution in [2.24, 2.45) is 0 Å². The second kappa shape index (κ2) is 8.81. The molecule has 146 valence electrons. The first-order chi connectivity index (χ1) is 14.1. The lowest BCUT2D eigenvalue weighted by Gasteiger charge is -2.11. The lowest BCUT2D eigenvalue weighted by Crippen LogP contribution is -2.32. The average Bonchev–Trinajstić information content (AvgIpc) is 2.76. The van der Waals surface area contributed by atoms with Gasteiger partial charge in [-0.05, 0) is 24.3 Å². The molecule has 0 radical (unpaired) electrons. The highest BCUT2D eigenvalue weighted by Crippen LogP contribution is 2.27. The normalized spacial score (nSPS) is 9.93. The molecule has 0 unspecified atom stereocenters. The number of nitro groups is 1. The topological polar surface area (TPSA) is 177 Å². The van der Waals surface area contributed by atoms with Crippen LogP contribution in [0.4, 0.5) is 17.3 Å². The summed E-state index contributed by atoms with van der Waals surface area (Å²) in [6.07, 6.45) is 6.66. The molecule has 0 aliphatic carbocycles. The van der Waals surface area contributed by atoms with Gasteiger partial charge in [-0.15, -0.1) is 0 Å². The highest BCUT2D eigenvalue weighted by Gasteiger charge is 2.24. The molecule has 0 saturated carbocycles. The molecule has 3 aromatic rings. The highest BCUT2D eigenvalue weighted by atomic mass is 16.6. The van der Waals surface area contributed by atoms with Crippen molar-refractivity contribution < 1.29 is 14.5 Å². The monoisotopic (exact) mass is 395 g/mol. The van der Waals surface area contributed by atoms with E-state index >= 15 is 0 Å². The van der Waals surface area contributed by atoms with Crippen LogP contribution < -0.4 is 21.7 Å². The van der Waals surface area contributed by atoms with Crippen molar-refractivity contribution in [3.8, 4) is 0 Å². The van der Waals surface area contributed by atoms with Crippen LogP contribution in [0, 0.1) is 10.1 Å². The van der Waals surface area contributed by atoms with Crippen molar-refractivity contribution in [2.45, 2.75) is 0 Å². The van der Waals surface area contributed by atoms with Crippen LogP contribution in [0.2, 0.25) is 0 Å². The molecule has 3 rings (SSSR count). The lowest BCUT2D eigenvalue weighted by atomic mass is 10.3. The largest absolute Gasteiger partial charge is 0.356 e. The second-order valence-corrected chi connectivity index (χ2v) is 5.32. The molecule has 3 heterocycles. The molecule has 0 bridgehead atoms. The molecule has 0 fully saturated rings. The first kappa shape index (κ1) is 19.1. The van der Waals surface area contributed by atoms with Gasteiger partial charge in [0, 0.05) is 24.8 Å². The summed E-state index contributed by atoms with van der Waals surface area (Å²) >= 11 is 0. The fourth-order valence-electron chi connectivity index (χ4n) is 2.11. The van der Waals surface area contributed by atoms with E-state index in [2.05, 4.69) is 41.6 Å². The van der Waals surface area contributed by atoms with Crippen LogP contribution in [0.1, 0.15) is 20.7 Å². The molecule has 0 saturated heterocycles. The number of hydrogen-bond acceptors (Lipinski definition) is 10. The zero-order valence-corrected chi connectivity index (χ0v) is 14.6. The molecular formula is C16H13N9O4. The van der Waals surface area contributed by atoms with Crippen molar-refractivity contribution in [2.75, 3.05) is 10.9 Å². The van der Waals surface area contributed by atoms with Crippen molar-refractivity contribution in [1.82, 2.24) is 30.8 Å². The maximum atomic E-state index is 12.1. The molecule has 0 atom stereocenters. The van der Waals surface area contributed by atoms with Gasteiger partial charge in [-0.2, -0.15) is 0 Å². The summed E-state index contributed by atoms with van der Waals surface area (Å²) in [7, 11) is 0. The summed E-state index contributed by atoms with van der Waals surface area (Å²) in [6, 6.07) is 6.16. The predicted molar refractivity (Wildman–Crippen MR) is 99.3 cm³/mol. The predicted octanol–water partition coefficient (Wildman–Crippen LogP) is 0.689. The van der Waals surface area contributed by atoms with E-state index in [0.717, 1.165) is 6.33 Å². The number of amides is 2. The van der Waals surface area contributed by atoms with Gasteiger partial charge in [-0.25, -0.2) is 9.97 Å². The van der Waals surface area contributed by atoms with Crippen LogP contribution in [-0.4, -0.2) is 36.7 Å². The third kappa shape index (κ3) is 4.73. The number of carbonyl (C=O) groups is 2. The number of rotatable bonds is 7. The van der Waals surface area contributed by atoms with E-state index in [9.17, 15) is 19.7 Å². The number of aromatic nitrogens is 4. The molecule has 4 N–H and O–H groups in total. The SMILES string of the molecule is O=C(NNc1ncnc(NNC(=O)c2cccnc2)c1[N+](=O)[O-])c1cccnc1. The molecule has 13 nitrogen and oxygen atoms in total. The van der Waals surface area contributed by atoms with Gasteiger partial charge in [-0.1, -0.05) is 0 Å². The fraction of sp³-hybridized carbons (Fsp3) is 0. The van der Waals surface area contributed by atoms with E-state index < -0.39 is 22.4 Å². The number of carbonyl (C=O) groups excluding carboxylic acids is 2. The smallest absolute Gasteiger partial charge is 0.276 e. The van der Waals surface area contributed by atoms with E-state index in [4.69, 9.17) is 0 Å². The maximum absolute atomic E-state index is 12.1.